The lowest BCUT2D eigenvalue weighted by Gasteiger charge is -2.09. The van der Waals surface area contributed by atoms with Gasteiger partial charge in [0.15, 0.2) is 11.5 Å². The molecule has 4 rings (SSSR count). The van der Waals surface area contributed by atoms with E-state index < -0.39 is 23.1 Å². The fourth-order valence-electron chi connectivity index (χ4n) is 2.77. The highest BCUT2D eigenvalue weighted by Gasteiger charge is 2.17. The van der Waals surface area contributed by atoms with Crippen molar-refractivity contribution in [2.75, 3.05) is 0 Å². The van der Waals surface area contributed by atoms with E-state index in [-0.39, 0.29) is 45.4 Å². The van der Waals surface area contributed by atoms with Crippen molar-refractivity contribution in [3.8, 4) is 11.5 Å². The number of hydrogen-bond donors (Lipinski definition) is 1. The van der Waals surface area contributed by atoms with E-state index in [1.165, 1.54) is 13.1 Å². The summed E-state index contributed by atoms with van der Waals surface area (Å²) < 4.78 is 43.4. The van der Waals surface area contributed by atoms with E-state index in [4.69, 9.17) is 11.6 Å². The molecule has 0 radical (unpaired) electrons. The number of benzene rings is 1. The van der Waals surface area contributed by atoms with E-state index in [1.807, 2.05) is 0 Å². The van der Waals surface area contributed by atoms with Crippen molar-refractivity contribution in [2.45, 2.75) is 13.3 Å². The summed E-state index contributed by atoms with van der Waals surface area (Å²) in [6.45, 7) is 1.45. The monoisotopic (exact) mass is 405 g/mol. The highest BCUT2D eigenvalue weighted by atomic mass is 35.5. The van der Waals surface area contributed by atoms with E-state index >= 15 is 0 Å². The molecule has 6 nitrogen and oxygen atoms in total. The van der Waals surface area contributed by atoms with Crippen LogP contribution >= 0.6 is 11.6 Å². The Bertz CT molecular complexity index is 1280. The van der Waals surface area contributed by atoms with Crippen LogP contribution in [0.2, 0.25) is 5.02 Å². The van der Waals surface area contributed by atoms with Gasteiger partial charge in [0.05, 0.1) is 18.1 Å². The van der Waals surface area contributed by atoms with Crippen LogP contribution in [-0.4, -0.2) is 24.3 Å². The van der Waals surface area contributed by atoms with Gasteiger partial charge in [-0.2, -0.15) is 4.39 Å². The average Bonchev–Trinajstić information content (AvgIpc) is 3.03. The summed E-state index contributed by atoms with van der Waals surface area (Å²) in [6, 6.07) is 2.15. The Morgan fingerprint density at radius 3 is 2.68 bits per heavy atom. The Balaban J connectivity index is 1.89. The fraction of sp³-hybridized carbons (Fsp3) is 0.111. The van der Waals surface area contributed by atoms with Gasteiger partial charge in [-0.25, -0.2) is 23.7 Å². The number of nitrogens with one attached hydrogen (secondary N) is 1. The van der Waals surface area contributed by atoms with Crippen LogP contribution in [0.5, 0.6) is 0 Å². The molecule has 3 heterocycles. The second kappa shape index (κ2) is 6.75. The number of fused-ring (bicyclic) bond motifs is 1. The van der Waals surface area contributed by atoms with Gasteiger partial charge < -0.3 is 4.98 Å². The molecule has 0 saturated carbocycles. The van der Waals surface area contributed by atoms with E-state index in [9.17, 15) is 18.0 Å². The molecule has 0 fully saturated rings. The van der Waals surface area contributed by atoms with E-state index in [0.29, 0.717) is 0 Å². The number of nitrogens with zero attached hydrogens (tertiary/aromatic N) is 4. The molecule has 28 heavy (non-hydrogen) atoms. The number of aromatic amines is 1. The molecule has 0 aliphatic carbocycles. The van der Waals surface area contributed by atoms with Gasteiger partial charge in [-0.15, -0.1) is 0 Å². The zero-order valence-corrected chi connectivity index (χ0v) is 15.1. The first-order chi connectivity index (χ1) is 13.3. The summed E-state index contributed by atoms with van der Waals surface area (Å²) in [7, 11) is 0. The minimum atomic E-state index is -0.688. The zero-order chi connectivity index (χ0) is 20.0. The molecule has 142 valence electrons. The third-order valence-corrected chi connectivity index (χ3v) is 4.47. The summed E-state index contributed by atoms with van der Waals surface area (Å²) in [5.41, 5.74) is 0.0478. The molecular formula is C18H11ClF3N5O. The first-order valence-electron chi connectivity index (χ1n) is 8.05. The summed E-state index contributed by atoms with van der Waals surface area (Å²) in [5, 5.41) is -0.115. The maximum absolute atomic E-state index is 14.3. The highest BCUT2D eigenvalue weighted by Crippen LogP contribution is 2.22. The number of aryl methyl sites for hydroxylation is 1. The van der Waals surface area contributed by atoms with E-state index in [0.717, 1.165) is 28.9 Å². The largest absolute Gasteiger partial charge is 0.304 e. The van der Waals surface area contributed by atoms with Crippen molar-refractivity contribution in [2.24, 2.45) is 0 Å². The standard InChI is InChI=1S/C18H11ClF3N5O/c1-8-2-12(21)9(3-11(8)20)4-13-17-24-6-15(22)27(17)7-14(25-13)16-23-5-10(19)18(28)26-16/h2-3,5-7H,4H2,1H3,(H,23,26,28). The Kier molecular flexibility index (Phi) is 4.38. The Hall–Kier alpha value is -3.20. The second-order valence-electron chi connectivity index (χ2n) is 6.13. The van der Waals surface area contributed by atoms with Crippen LogP contribution in [0.4, 0.5) is 13.2 Å². The molecule has 0 saturated heterocycles. The van der Waals surface area contributed by atoms with Crippen molar-refractivity contribution in [3.63, 3.8) is 0 Å². The fourth-order valence-corrected chi connectivity index (χ4v) is 2.86. The third-order valence-electron chi connectivity index (χ3n) is 4.20. The van der Waals surface area contributed by atoms with Crippen molar-refractivity contribution in [1.82, 2.24) is 24.3 Å². The van der Waals surface area contributed by atoms with Crippen LogP contribution < -0.4 is 5.56 Å². The van der Waals surface area contributed by atoms with Gasteiger partial charge in [-0.05, 0) is 30.2 Å². The van der Waals surface area contributed by atoms with Crippen molar-refractivity contribution >= 4 is 17.2 Å². The number of H-pyrrole nitrogens is 1. The second-order valence-corrected chi connectivity index (χ2v) is 6.53. The van der Waals surface area contributed by atoms with Crippen molar-refractivity contribution in [3.05, 3.63) is 80.5 Å². The molecule has 0 aliphatic heterocycles. The molecule has 4 aromatic rings. The minimum Gasteiger partial charge on any atom is -0.304 e. The van der Waals surface area contributed by atoms with Gasteiger partial charge in [0.1, 0.15) is 22.4 Å². The molecule has 0 spiro atoms. The van der Waals surface area contributed by atoms with Gasteiger partial charge in [-0.1, -0.05) is 11.6 Å². The molecular weight excluding hydrogens is 395 g/mol. The topological polar surface area (TPSA) is 75.9 Å². The number of halogens is 4. The summed E-state index contributed by atoms with van der Waals surface area (Å²) in [6.07, 6.45) is 3.27. The Labute approximate surface area is 160 Å². The van der Waals surface area contributed by atoms with Crippen LogP contribution in [0.15, 0.2) is 35.5 Å². The normalized spacial score (nSPS) is 11.3. The van der Waals surface area contributed by atoms with E-state index in [1.54, 1.807) is 0 Å². The first-order valence-corrected chi connectivity index (χ1v) is 8.43. The molecule has 0 atom stereocenters. The van der Waals surface area contributed by atoms with Crippen molar-refractivity contribution in [1.29, 1.82) is 0 Å². The predicted molar refractivity (Wildman–Crippen MR) is 95.7 cm³/mol. The number of rotatable bonds is 3. The van der Waals surface area contributed by atoms with Gasteiger partial charge >= 0.3 is 0 Å². The molecule has 3 aromatic heterocycles. The molecule has 0 bridgehead atoms. The molecule has 0 unspecified atom stereocenters. The highest BCUT2D eigenvalue weighted by molar-refractivity contribution is 6.30. The molecule has 1 N–H and O–H groups in total. The lowest BCUT2D eigenvalue weighted by Crippen LogP contribution is -2.11. The van der Waals surface area contributed by atoms with Crippen LogP contribution in [0.1, 0.15) is 16.8 Å². The molecule has 0 aliphatic rings. The maximum Gasteiger partial charge on any atom is 0.269 e. The average molecular weight is 406 g/mol. The lowest BCUT2D eigenvalue weighted by molar-refractivity contribution is 0.571. The number of imidazole rings is 1. The van der Waals surface area contributed by atoms with Gasteiger partial charge in [0, 0.05) is 12.6 Å². The molecule has 10 heteroatoms. The zero-order valence-electron chi connectivity index (χ0n) is 14.3. The summed E-state index contributed by atoms with van der Waals surface area (Å²) in [5.74, 6) is -1.83. The van der Waals surface area contributed by atoms with Crippen LogP contribution in [-0.2, 0) is 6.42 Å². The van der Waals surface area contributed by atoms with Crippen LogP contribution in [0, 0.1) is 24.5 Å². The van der Waals surface area contributed by atoms with Gasteiger partial charge in [-0.3, -0.25) is 9.20 Å². The van der Waals surface area contributed by atoms with Crippen LogP contribution in [0.3, 0.4) is 0 Å². The predicted octanol–water partition coefficient (Wildman–Crippen LogP) is 3.45. The minimum absolute atomic E-state index is 0.0376. The lowest BCUT2D eigenvalue weighted by atomic mass is 10.1. The third kappa shape index (κ3) is 3.13. The Morgan fingerprint density at radius 1 is 1.14 bits per heavy atom. The molecule has 1 aromatic carbocycles. The molecule has 0 amide bonds. The Morgan fingerprint density at radius 2 is 1.93 bits per heavy atom. The number of aromatic nitrogens is 5. The first kappa shape index (κ1) is 18.2. The van der Waals surface area contributed by atoms with Crippen molar-refractivity contribution < 1.29 is 13.2 Å². The SMILES string of the molecule is Cc1cc(F)c(Cc2nc(-c3ncc(Cl)c(=O)[nH]3)cn3c(F)cnc23)cc1F. The van der Waals surface area contributed by atoms with E-state index in [2.05, 4.69) is 19.9 Å². The number of hydrogen-bond acceptors (Lipinski definition) is 4. The van der Waals surface area contributed by atoms with Crippen LogP contribution in [0.25, 0.3) is 17.2 Å². The maximum atomic E-state index is 14.3. The smallest absolute Gasteiger partial charge is 0.269 e. The van der Waals surface area contributed by atoms with Gasteiger partial charge in [0.25, 0.3) is 5.56 Å². The quantitative estimate of drug-likeness (QED) is 0.566. The summed E-state index contributed by atoms with van der Waals surface area (Å²) in [4.78, 5) is 26.4. The summed E-state index contributed by atoms with van der Waals surface area (Å²) >= 11 is 5.68. The van der Waals surface area contributed by atoms with Gasteiger partial charge in [0.2, 0.25) is 5.95 Å².